The minimum Gasteiger partial charge on any atom is -0.487 e. The third kappa shape index (κ3) is 6.89. The van der Waals surface area contributed by atoms with Crippen LogP contribution in [-0.2, 0) is 37.4 Å². The molecule has 0 bridgehead atoms. The van der Waals surface area contributed by atoms with Crippen molar-refractivity contribution in [1.82, 2.24) is 24.9 Å². The summed E-state index contributed by atoms with van der Waals surface area (Å²) in [6, 6.07) is 14.1. The number of primary sulfonamides is 1. The zero-order valence-electron chi connectivity index (χ0n) is 22.4. The Morgan fingerprint density at radius 2 is 1.90 bits per heavy atom. The van der Waals surface area contributed by atoms with Gasteiger partial charge >= 0.3 is 5.97 Å². The van der Waals surface area contributed by atoms with Gasteiger partial charge in [0, 0.05) is 19.5 Å². The number of thiazole rings is 1. The lowest BCUT2D eigenvalue weighted by molar-refractivity contribution is -0.151. The molecule has 1 amide bonds. The fraction of sp³-hybridized carbons (Fsp3) is 0.370. The molecule has 12 nitrogen and oxygen atoms in total. The molecule has 4 aromatic rings. The standard InChI is InChI=1S/C27H30N6O6S2/c1-2-38-26(35)19-10-12-32(13-11-19)25(34)23(14-18-6-4-3-5-7-18)33-16-20(30-31-33)17-39-21-8-9-22-24(15-21)40-27(29-22)41(28,36)37/h3-9,15-16,19,23H,2,10-14,17H2,1H3,(H2,28,36,37)/t23-/m0/s1. The molecule has 14 heteroatoms. The number of carbonyl (C=O) groups excluding carboxylic acids is 2. The van der Waals surface area contributed by atoms with Crippen LogP contribution in [0.1, 0.15) is 37.1 Å². The van der Waals surface area contributed by atoms with E-state index in [0.29, 0.717) is 60.6 Å². The Bertz CT molecular complexity index is 1630. The maximum atomic E-state index is 13.7. The number of rotatable bonds is 10. The number of esters is 1. The quantitative estimate of drug-likeness (QED) is 0.271. The molecule has 0 saturated carbocycles. The molecule has 0 aliphatic carbocycles. The Morgan fingerprint density at radius 1 is 1.15 bits per heavy atom. The van der Waals surface area contributed by atoms with Crippen LogP contribution in [0.2, 0.25) is 0 Å². The SMILES string of the molecule is CCOC(=O)C1CCN(C(=O)[C@H](Cc2ccccc2)n2cc(COc3ccc4nc(S(N)(=O)=O)sc4c3)nn2)CC1. The second kappa shape index (κ2) is 12.3. The van der Waals surface area contributed by atoms with Crippen LogP contribution in [0.4, 0.5) is 0 Å². The Hall–Kier alpha value is -3.88. The van der Waals surface area contributed by atoms with Gasteiger partial charge in [-0.25, -0.2) is 23.2 Å². The van der Waals surface area contributed by atoms with Crippen LogP contribution in [0.15, 0.2) is 59.1 Å². The lowest BCUT2D eigenvalue weighted by Gasteiger charge is -2.33. The molecular formula is C27H30N6O6S2. The number of fused-ring (bicyclic) bond motifs is 1. The van der Waals surface area contributed by atoms with Crippen LogP contribution < -0.4 is 9.88 Å². The molecule has 2 aromatic carbocycles. The second-order valence-corrected chi connectivity index (χ2v) is 12.5. The molecule has 0 spiro atoms. The molecular weight excluding hydrogens is 568 g/mol. The van der Waals surface area contributed by atoms with E-state index >= 15 is 0 Å². The van der Waals surface area contributed by atoms with E-state index in [0.717, 1.165) is 16.9 Å². The molecule has 1 aliphatic heterocycles. The molecule has 1 fully saturated rings. The predicted molar refractivity (Wildman–Crippen MR) is 150 cm³/mol. The van der Waals surface area contributed by atoms with Crippen LogP contribution in [0.3, 0.4) is 0 Å². The molecule has 1 atom stereocenters. The normalized spacial score (nSPS) is 15.1. The fourth-order valence-electron chi connectivity index (χ4n) is 4.72. The minimum absolute atomic E-state index is 0.0868. The summed E-state index contributed by atoms with van der Waals surface area (Å²) >= 11 is 0.966. The number of hydrogen-bond acceptors (Lipinski definition) is 10. The Labute approximate surface area is 241 Å². The van der Waals surface area contributed by atoms with Crippen molar-refractivity contribution in [2.75, 3.05) is 19.7 Å². The monoisotopic (exact) mass is 598 g/mol. The average molecular weight is 599 g/mol. The second-order valence-electron chi connectivity index (χ2n) is 9.69. The average Bonchev–Trinajstić information content (AvgIpc) is 3.62. The van der Waals surface area contributed by atoms with Crippen molar-refractivity contribution in [3.8, 4) is 5.75 Å². The van der Waals surface area contributed by atoms with Crippen molar-refractivity contribution >= 4 is 43.5 Å². The fourth-order valence-corrected chi connectivity index (χ4v) is 6.41. The van der Waals surface area contributed by atoms with Gasteiger partial charge in [0.25, 0.3) is 10.0 Å². The van der Waals surface area contributed by atoms with Gasteiger partial charge in [-0.15, -0.1) is 16.4 Å². The van der Waals surface area contributed by atoms with Gasteiger partial charge in [-0.2, -0.15) is 0 Å². The molecule has 1 aliphatic rings. The molecule has 2 N–H and O–H groups in total. The van der Waals surface area contributed by atoms with Gasteiger partial charge in [-0.05, 0) is 43.5 Å². The Morgan fingerprint density at radius 3 is 2.61 bits per heavy atom. The number of nitrogens with two attached hydrogens (primary N) is 1. The maximum Gasteiger partial charge on any atom is 0.309 e. The van der Waals surface area contributed by atoms with Crippen LogP contribution in [0.5, 0.6) is 5.75 Å². The van der Waals surface area contributed by atoms with Crippen molar-refractivity contribution in [2.45, 2.75) is 43.2 Å². The summed E-state index contributed by atoms with van der Waals surface area (Å²) < 4.78 is 36.3. The molecule has 0 radical (unpaired) electrons. The van der Waals surface area contributed by atoms with Crippen LogP contribution in [0.25, 0.3) is 10.2 Å². The number of hydrogen-bond donors (Lipinski definition) is 1. The van der Waals surface area contributed by atoms with E-state index in [9.17, 15) is 18.0 Å². The molecule has 5 rings (SSSR count). The van der Waals surface area contributed by atoms with E-state index in [1.807, 2.05) is 30.3 Å². The number of nitrogens with zero attached hydrogens (tertiary/aromatic N) is 5. The molecule has 0 unspecified atom stereocenters. The topological polar surface area (TPSA) is 160 Å². The lowest BCUT2D eigenvalue weighted by Crippen LogP contribution is -2.44. The van der Waals surface area contributed by atoms with Crippen LogP contribution >= 0.6 is 11.3 Å². The number of benzene rings is 2. The van der Waals surface area contributed by atoms with E-state index in [-0.39, 0.29) is 28.7 Å². The summed E-state index contributed by atoms with van der Waals surface area (Å²) in [6.45, 7) is 3.14. The van der Waals surface area contributed by atoms with Crippen LogP contribution in [0, 0.1) is 5.92 Å². The molecule has 41 heavy (non-hydrogen) atoms. The lowest BCUT2D eigenvalue weighted by atomic mass is 9.96. The van der Waals surface area contributed by atoms with Crippen molar-refractivity contribution in [3.63, 3.8) is 0 Å². The first-order chi connectivity index (χ1) is 19.7. The molecule has 2 aromatic heterocycles. The third-order valence-electron chi connectivity index (χ3n) is 6.83. The van der Waals surface area contributed by atoms with Crippen molar-refractivity contribution in [3.05, 3.63) is 66.0 Å². The van der Waals surface area contributed by atoms with Gasteiger partial charge < -0.3 is 14.4 Å². The number of sulfonamides is 1. The third-order valence-corrected chi connectivity index (χ3v) is 9.17. The van der Waals surface area contributed by atoms with E-state index in [2.05, 4.69) is 15.3 Å². The summed E-state index contributed by atoms with van der Waals surface area (Å²) in [5.74, 6) is 0.00533. The van der Waals surface area contributed by atoms with E-state index in [4.69, 9.17) is 14.6 Å². The smallest absolute Gasteiger partial charge is 0.309 e. The first-order valence-corrected chi connectivity index (χ1v) is 15.5. The van der Waals surface area contributed by atoms with Gasteiger partial charge in [0.2, 0.25) is 10.2 Å². The van der Waals surface area contributed by atoms with E-state index in [1.165, 1.54) is 0 Å². The molecule has 1 saturated heterocycles. The van der Waals surface area contributed by atoms with Crippen molar-refractivity contribution in [2.24, 2.45) is 11.1 Å². The first kappa shape index (κ1) is 28.6. The highest BCUT2D eigenvalue weighted by atomic mass is 32.2. The number of likely N-dealkylation sites (tertiary alicyclic amines) is 1. The molecule has 216 valence electrons. The van der Waals surface area contributed by atoms with E-state index < -0.39 is 16.1 Å². The largest absolute Gasteiger partial charge is 0.487 e. The number of piperidine rings is 1. The zero-order valence-corrected chi connectivity index (χ0v) is 24.0. The maximum absolute atomic E-state index is 13.7. The molecule has 3 heterocycles. The minimum atomic E-state index is -3.89. The zero-order chi connectivity index (χ0) is 29.0. The number of ether oxygens (including phenoxy) is 2. The highest BCUT2D eigenvalue weighted by Gasteiger charge is 2.33. The van der Waals surface area contributed by atoms with Gasteiger partial charge in [0.1, 0.15) is 24.1 Å². The summed E-state index contributed by atoms with van der Waals surface area (Å²) in [7, 11) is -3.89. The van der Waals surface area contributed by atoms with E-state index in [1.54, 1.807) is 40.9 Å². The van der Waals surface area contributed by atoms with Crippen LogP contribution in [-0.4, -0.2) is 64.9 Å². The Kier molecular flexibility index (Phi) is 8.61. The summed E-state index contributed by atoms with van der Waals surface area (Å²) in [5, 5.41) is 13.7. The van der Waals surface area contributed by atoms with Crippen molar-refractivity contribution < 1.29 is 27.5 Å². The number of aromatic nitrogens is 4. The summed E-state index contributed by atoms with van der Waals surface area (Å²) in [6.07, 6.45) is 3.24. The Balaban J connectivity index is 1.29. The summed E-state index contributed by atoms with van der Waals surface area (Å²) in [5.41, 5.74) is 2.01. The van der Waals surface area contributed by atoms with Gasteiger partial charge in [-0.1, -0.05) is 35.5 Å². The number of carbonyl (C=O) groups is 2. The van der Waals surface area contributed by atoms with Gasteiger partial charge in [0.15, 0.2) is 0 Å². The van der Waals surface area contributed by atoms with Gasteiger partial charge in [0.05, 0.1) is 28.9 Å². The first-order valence-electron chi connectivity index (χ1n) is 13.2. The highest BCUT2D eigenvalue weighted by Crippen LogP contribution is 2.29. The highest BCUT2D eigenvalue weighted by molar-refractivity contribution is 7.91. The van der Waals surface area contributed by atoms with Gasteiger partial charge in [-0.3, -0.25) is 9.59 Å². The number of amides is 1. The van der Waals surface area contributed by atoms with Crippen molar-refractivity contribution in [1.29, 1.82) is 0 Å². The summed E-state index contributed by atoms with van der Waals surface area (Å²) in [4.78, 5) is 31.7. The predicted octanol–water partition coefficient (Wildman–Crippen LogP) is 2.70.